The molecule has 0 aromatic heterocycles. The third-order valence-electron chi connectivity index (χ3n) is 6.60. The van der Waals surface area contributed by atoms with Crippen molar-refractivity contribution in [1.82, 2.24) is 9.80 Å². The quantitative estimate of drug-likeness (QED) is 0.700. The Bertz CT molecular complexity index is 737. The Labute approximate surface area is 168 Å². The first kappa shape index (κ1) is 20.5. The summed E-state index contributed by atoms with van der Waals surface area (Å²) in [7, 11) is 0. The van der Waals surface area contributed by atoms with Gasteiger partial charge in [-0.1, -0.05) is 12.1 Å². The normalized spacial score (nSPS) is 31.3. The number of anilines is 1. The second kappa shape index (κ2) is 7.83. The first-order valence-electron chi connectivity index (χ1n) is 10.2. The summed E-state index contributed by atoms with van der Waals surface area (Å²) in [5, 5.41) is 10.1. The smallest absolute Gasteiger partial charge is 0.298 e. The second-order valence-corrected chi connectivity index (χ2v) is 8.53. The van der Waals surface area contributed by atoms with Crippen molar-refractivity contribution < 1.29 is 17.6 Å². The van der Waals surface area contributed by atoms with E-state index >= 15 is 0 Å². The molecule has 3 aliphatic heterocycles. The molecule has 29 heavy (non-hydrogen) atoms. The lowest BCUT2D eigenvalue weighted by Crippen LogP contribution is -2.62. The fourth-order valence-electron chi connectivity index (χ4n) is 4.86. The van der Waals surface area contributed by atoms with Gasteiger partial charge < -0.3 is 0 Å². The van der Waals surface area contributed by atoms with Crippen LogP contribution in [0.2, 0.25) is 0 Å². The number of rotatable bonds is 4. The van der Waals surface area contributed by atoms with Gasteiger partial charge >= 0.3 is 6.18 Å². The van der Waals surface area contributed by atoms with Crippen molar-refractivity contribution in [2.45, 2.75) is 37.5 Å². The van der Waals surface area contributed by atoms with Gasteiger partial charge in [-0.05, 0) is 43.7 Å². The summed E-state index contributed by atoms with van der Waals surface area (Å²) in [6.07, 6.45) is -2.46. The van der Waals surface area contributed by atoms with Gasteiger partial charge in [0, 0.05) is 32.1 Å². The van der Waals surface area contributed by atoms with Gasteiger partial charge in [0.25, 0.3) is 0 Å². The van der Waals surface area contributed by atoms with Crippen LogP contribution >= 0.6 is 0 Å². The van der Waals surface area contributed by atoms with E-state index in [-0.39, 0.29) is 24.2 Å². The molecule has 1 aromatic rings. The highest BCUT2D eigenvalue weighted by Crippen LogP contribution is 2.35. The first-order valence-corrected chi connectivity index (χ1v) is 10.2. The molecule has 3 atom stereocenters. The molecule has 0 saturated carbocycles. The molecule has 3 aliphatic rings. The van der Waals surface area contributed by atoms with Crippen molar-refractivity contribution in [2.24, 2.45) is 16.3 Å². The molecule has 9 heteroatoms. The molecule has 4 rings (SSSR count). The number of alkyl halides is 4. The number of halogens is 4. The van der Waals surface area contributed by atoms with Gasteiger partial charge in [0.2, 0.25) is 0 Å². The van der Waals surface area contributed by atoms with E-state index in [9.17, 15) is 17.6 Å². The van der Waals surface area contributed by atoms with Crippen LogP contribution in [0.3, 0.4) is 0 Å². The topological polar surface area (TPSA) is 34.4 Å². The van der Waals surface area contributed by atoms with Crippen LogP contribution in [0.1, 0.15) is 25.3 Å². The van der Waals surface area contributed by atoms with E-state index in [2.05, 4.69) is 27.1 Å². The van der Waals surface area contributed by atoms with Gasteiger partial charge in [0.15, 0.2) is 0 Å². The highest BCUT2D eigenvalue weighted by molar-refractivity contribution is 5.48. The monoisotopic (exact) mass is 413 g/mol. The van der Waals surface area contributed by atoms with Gasteiger partial charge in [-0.15, -0.1) is 0 Å². The number of benzene rings is 1. The van der Waals surface area contributed by atoms with Crippen LogP contribution in [0.5, 0.6) is 0 Å². The lowest BCUT2D eigenvalue weighted by atomic mass is 9.93. The van der Waals surface area contributed by atoms with Crippen LogP contribution in [-0.4, -0.2) is 67.3 Å². The van der Waals surface area contributed by atoms with Crippen LogP contribution in [0, 0.1) is 5.92 Å². The predicted octanol–water partition coefficient (Wildman–Crippen LogP) is 4.02. The average Bonchev–Trinajstić information content (AvgIpc) is 3.13. The van der Waals surface area contributed by atoms with Gasteiger partial charge in [-0.25, -0.2) is 9.40 Å². The van der Waals surface area contributed by atoms with E-state index in [0.29, 0.717) is 25.3 Å². The minimum atomic E-state index is -4.36. The van der Waals surface area contributed by atoms with E-state index in [0.717, 1.165) is 44.6 Å². The lowest BCUT2D eigenvalue weighted by molar-refractivity contribution is -0.137. The van der Waals surface area contributed by atoms with E-state index < -0.39 is 11.7 Å². The molecule has 0 radical (unpaired) electrons. The Kier molecular flexibility index (Phi) is 5.54. The summed E-state index contributed by atoms with van der Waals surface area (Å²) in [6, 6.07) is 5.04. The van der Waals surface area contributed by atoms with Crippen LogP contribution < -0.4 is 5.01 Å². The van der Waals surface area contributed by atoms with Gasteiger partial charge in [-0.3, -0.25) is 9.80 Å². The largest absolute Gasteiger partial charge is 0.416 e. The van der Waals surface area contributed by atoms with Crippen molar-refractivity contribution in [3.8, 4) is 0 Å². The van der Waals surface area contributed by atoms with Crippen LogP contribution in [0.15, 0.2) is 34.6 Å². The Morgan fingerprint density at radius 1 is 1.14 bits per heavy atom. The molecule has 0 aliphatic carbocycles. The molecule has 3 heterocycles. The summed E-state index contributed by atoms with van der Waals surface area (Å²) in [5.74, 6) is 0.192. The third kappa shape index (κ3) is 3.99. The number of hydrogen-bond donors (Lipinski definition) is 0. The molecule has 3 unspecified atom stereocenters. The standard InChI is InChI=1S/C20H27F4N5/c1-15-11-25-26-29(17-5-3-16(4-6-17)20(22,23)24)18(15)12-27-9-10-28-8-2-7-19(28,13-21)14-27/h3-6,15,18H,2,7-14H2,1H3. The molecule has 2 fully saturated rings. The minimum Gasteiger partial charge on any atom is -0.298 e. The zero-order valence-electron chi connectivity index (χ0n) is 16.6. The summed E-state index contributed by atoms with van der Waals surface area (Å²) in [5.41, 5.74) is -0.461. The maximum absolute atomic E-state index is 13.9. The van der Waals surface area contributed by atoms with Crippen LogP contribution in [0.25, 0.3) is 0 Å². The van der Waals surface area contributed by atoms with Gasteiger partial charge in [-0.2, -0.15) is 18.3 Å². The Morgan fingerprint density at radius 3 is 2.59 bits per heavy atom. The van der Waals surface area contributed by atoms with E-state index in [1.54, 1.807) is 5.01 Å². The molecule has 0 N–H and O–H groups in total. The van der Waals surface area contributed by atoms with Crippen molar-refractivity contribution in [2.75, 3.05) is 51.0 Å². The van der Waals surface area contributed by atoms with Crippen molar-refractivity contribution in [3.63, 3.8) is 0 Å². The van der Waals surface area contributed by atoms with Crippen molar-refractivity contribution >= 4 is 5.69 Å². The average molecular weight is 413 g/mol. The summed E-state index contributed by atoms with van der Waals surface area (Å²) >= 11 is 0. The molecule has 2 saturated heterocycles. The second-order valence-electron chi connectivity index (χ2n) is 8.53. The molecule has 5 nitrogen and oxygen atoms in total. The van der Waals surface area contributed by atoms with Crippen LogP contribution in [0.4, 0.5) is 23.2 Å². The molecule has 0 bridgehead atoms. The fourth-order valence-corrected chi connectivity index (χ4v) is 4.86. The molecular formula is C20H27F4N5. The number of nitrogens with zero attached hydrogens (tertiary/aromatic N) is 5. The lowest BCUT2D eigenvalue weighted by Gasteiger charge is -2.47. The maximum Gasteiger partial charge on any atom is 0.416 e. The van der Waals surface area contributed by atoms with E-state index in [4.69, 9.17) is 0 Å². The minimum absolute atomic E-state index is 0.0196. The summed E-state index contributed by atoms with van der Waals surface area (Å²) in [6.45, 7) is 6.37. The number of fused-ring (bicyclic) bond motifs is 1. The highest BCUT2D eigenvalue weighted by atomic mass is 19.4. The molecule has 0 amide bonds. The summed E-state index contributed by atoms with van der Waals surface area (Å²) in [4.78, 5) is 4.57. The number of hydrogen-bond acceptors (Lipinski definition) is 5. The Hall–Kier alpha value is -1.74. The van der Waals surface area contributed by atoms with Crippen LogP contribution in [-0.2, 0) is 6.18 Å². The van der Waals surface area contributed by atoms with Gasteiger partial charge in [0.1, 0.15) is 6.67 Å². The SMILES string of the molecule is CC1CN=NN(c2ccc(C(F)(F)F)cc2)C1CN1CCN2CCCC2(CF)C1. The zero-order chi connectivity index (χ0) is 20.6. The number of piperazine rings is 1. The Balaban J connectivity index is 1.51. The highest BCUT2D eigenvalue weighted by Gasteiger charge is 2.46. The van der Waals surface area contributed by atoms with Crippen molar-refractivity contribution in [3.05, 3.63) is 29.8 Å². The van der Waals surface area contributed by atoms with Gasteiger partial charge in [0.05, 0.1) is 29.4 Å². The molecule has 0 spiro atoms. The Morgan fingerprint density at radius 2 is 1.90 bits per heavy atom. The summed E-state index contributed by atoms with van der Waals surface area (Å²) < 4.78 is 52.6. The molecular weight excluding hydrogens is 386 g/mol. The molecule has 160 valence electrons. The first-order chi connectivity index (χ1) is 13.8. The third-order valence-corrected chi connectivity index (χ3v) is 6.60. The predicted molar refractivity (Wildman–Crippen MR) is 103 cm³/mol. The fraction of sp³-hybridized carbons (Fsp3) is 0.700. The van der Waals surface area contributed by atoms with Crippen molar-refractivity contribution in [1.29, 1.82) is 0 Å². The van der Waals surface area contributed by atoms with E-state index in [1.807, 2.05) is 0 Å². The maximum atomic E-state index is 13.9. The zero-order valence-corrected chi connectivity index (χ0v) is 16.6. The molecule has 1 aromatic carbocycles. The van der Waals surface area contributed by atoms with E-state index in [1.165, 1.54) is 12.1 Å².